The number of ether oxygens (including phenoxy) is 1. The van der Waals surface area contributed by atoms with E-state index in [-0.39, 0.29) is 42.6 Å². The Morgan fingerprint density at radius 2 is 2.03 bits per heavy atom. The first-order valence-corrected chi connectivity index (χ1v) is 11.6. The molecule has 0 bridgehead atoms. The van der Waals surface area contributed by atoms with Crippen LogP contribution in [0.4, 0.5) is 4.39 Å². The number of amides is 1. The highest BCUT2D eigenvalue weighted by Crippen LogP contribution is 2.30. The van der Waals surface area contributed by atoms with Crippen molar-refractivity contribution in [2.24, 2.45) is 5.92 Å². The number of para-hydroxylation sites is 1. The summed E-state index contributed by atoms with van der Waals surface area (Å²) in [6.07, 6.45) is 2.54. The highest BCUT2D eigenvalue weighted by molar-refractivity contribution is 5.85. The molecule has 2 saturated heterocycles. The summed E-state index contributed by atoms with van der Waals surface area (Å²) in [5, 5.41) is 9.43. The number of benzene rings is 1. The summed E-state index contributed by atoms with van der Waals surface area (Å²) < 4.78 is 26.5. The van der Waals surface area contributed by atoms with Crippen LogP contribution in [0.25, 0.3) is 16.9 Å². The van der Waals surface area contributed by atoms with Crippen LogP contribution in [-0.4, -0.2) is 82.1 Å². The van der Waals surface area contributed by atoms with Gasteiger partial charge in [-0.25, -0.2) is 4.39 Å². The number of carbonyl (C=O) groups is 1. The molecule has 0 N–H and O–H groups in total. The van der Waals surface area contributed by atoms with E-state index in [4.69, 9.17) is 9.26 Å². The van der Waals surface area contributed by atoms with Gasteiger partial charge in [-0.2, -0.15) is 14.8 Å². The molecule has 0 unspecified atom stereocenters. The van der Waals surface area contributed by atoms with Crippen molar-refractivity contribution in [2.75, 3.05) is 46.4 Å². The van der Waals surface area contributed by atoms with E-state index >= 15 is 0 Å². The molecule has 5 rings (SSSR count). The van der Waals surface area contributed by atoms with Gasteiger partial charge in [-0.1, -0.05) is 19.1 Å². The molecule has 2 fully saturated rings. The van der Waals surface area contributed by atoms with E-state index in [1.807, 2.05) is 17.9 Å². The van der Waals surface area contributed by atoms with Gasteiger partial charge >= 0.3 is 0 Å². The Morgan fingerprint density at radius 1 is 1.26 bits per heavy atom. The molecule has 0 spiro atoms. The summed E-state index contributed by atoms with van der Waals surface area (Å²) in [7, 11) is 1.55. The fourth-order valence-electron chi connectivity index (χ4n) is 4.90. The zero-order valence-electron chi connectivity index (χ0n) is 19.4. The van der Waals surface area contributed by atoms with Gasteiger partial charge in [-0.15, -0.1) is 12.4 Å². The van der Waals surface area contributed by atoms with Gasteiger partial charge in [0.25, 0.3) is 5.95 Å². The summed E-state index contributed by atoms with van der Waals surface area (Å²) in [5.41, 5.74) is 1.19. The SMILES string of the molecule is CCc1nn(-c2noc(C3CCN(CC4CN(C(=O)COC)C4)CC3)n2)c2c(F)cccc12.Cl. The number of likely N-dealkylation sites (tertiary alicyclic amines) is 2. The van der Waals surface area contributed by atoms with Gasteiger partial charge in [0, 0.05) is 44.0 Å². The molecule has 1 aromatic carbocycles. The number of halogens is 2. The minimum Gasteiger partial charge on any atom is -0.375 e. The van der Waals surface area contributed by atoms with Crippen molar-refractivity contribution in [3.63, 3.8) is 0 Å². The first-order chi connectivity index (χ1) is 16.1. The lowest BCUT2D eigenvalue weighted by atomic mass is 9.94. The molecule has 0 aliphatic carbocycles. The van der Waals surface area contributed by atoms with Gasteiger partial charge in [0.15, 0.2) is 0 Å². The highest BCUT2D eigenvalue weighted by atomic mass is 35.5. The Hall–Kier alpha value is -2.56. The number of aryl methyl sites for hydroxylation is 1. The van der Waals surface area contributed by atoms with E-state index < -0.39 is 0 Å². The zero-order chi connectivity index (χ0) is 22.9. The second-order valence-electron chi connectivity index (χ2n) is 8.95. The van der Waals surface area contributed by atoms with Gasteiger partial charge in [0.05, 0.1) is 5.69 Å². The predicted octanol–water partition coefficient (Wildman–Crippen LogP) is 2.82. The van der Waals surface area contributed by atoms with Gasteiger partial charge in [0.1, 0.15) is 17.9 Å². The highest BCUT2D eigenvalue weighted by Gasteiger charge is 2.33. The molecule has 2 aliphatic rings. The lowest BCUT2D eigenvalue weighted by Crippen LogP contribution is -2.55. The molecule has 1 amide bonds. The molecule has 4 heterocycles. The summed E-state index contributed by atoms with van der Waals surface area (Å²) in [6.45, 7) is 6.66. The Morgan fingerprint density at radius 3 is 2.74 bits per heavy atom. The number of carbonyl (C=O) groups excluding carboxylic acids is 1. The largest absolute Gasteiger partial charge is 0.375 e. The van der Waals surface area contributed by atoms with Crippen molar-refractivity contribution in [3.8, 4) is 5.95 Å². The van der Waals surface area contributed by atoms with Crippen LogP contribution < -0.4 is 0 Å². The van der Waals surface area contributed by atoms with Gasteiger partial charge in [-0.3, -0.25) is 4.79 Å². The van der Waals surface area contributed by atoms with Crippen LogP contribution in [0.15, 0.2) is 22.7 Å². The number of hydrogen-bond donors (Lipinski definition) is 0. The number of aromatic nitrogens is 4. The average molecular weight is 493 g/mol. The molecule has 34 heavy (non-hydrogen) atoms. The zero-order valence-corrected chi connectivity index (χ0v) is 20.3. The Kier molecular flexibility index (Phi) is 7.49. The summed E-state index contributed by atoms with van der Waals surface area (Å²) in [4.78, 5) is 20.7. The Bertz CT molecular complexity index is 1140. The van der Waals surface area contributed by atoms with Crippen molar-refractivity contribution in [1.82, 2.24) is 29.7 Å². The number of methoxy groups -OCH3 is 1. The van der Waals surface area contributed by atoms with Gasteiger partial charge in [-0.05, 0) is 43.6 Å². The fraction of sp³-hybridized carbons (Fsp3) is 0.565. The van der Waals surface area contributed by atoms with Crippen LogP contribution in [0.5, 0.6) is 0 Å². The van der Waals surface area contributed by atoms with E-state index in [9.17, 15) is 9.18 Å². The third-order valence-electron chi connectivity index (χ3n) is 6.72. The second-order valence-corrected chi connectivity index (χ2v) is 8.95. The third kappa shape index (κ3) is 4.67. The predicted molar refractivity (Wildman–Crippen MR) is 126 cm³/mol. The summed E-state index contributed by atoms with van der Waals surface area (Å²) in [6, 6.07) is 4.98. The standard InChI is InChI=1S/C23H29FN6O3.ClH/c1-3-19-17-5-4-6-18(24)21(17)30(26-19)23-25-22(33-27-23)16-7-9-28(10-8-16)11-15-12-29(13-15)20(31)14-32-2;/h4-6,15-16H,3,7-14H2,1-2H3;1H. The lowest BCUT2D eigenvalue weighted by Gasteiger charge is -2.42. The molecule has 0 saturated carbocycles. The van der Waals surface area contributed by atoms with Crippen LogP contribution >= 0.6 is 12.4 Å². The van der Waals surface area contributed by atoms with Crippen LogP contribution in [0.2, 0.25) is 0 Å². The molecule has 11 heteroatoms. The average Bonchev–Trinajstić information content (AvgIpc) is 3.42. The number of rotatable bonds is 7. The maximum Gasteiger partial charge on any atom is 0.291 e. The van der Waals surface area contributed by atoms with Crippen molar-refractivity contribution in [3.05, 3.63) is 35.6 Å². The minimum absolute atomic E-state index is 0. The van der Waals surface area contributed by atoms with Crippen molar-refractivity contribution >= 4 is 29.2 Å². The Balaban J connectivity index is 0.00000274. The topological polar surface area (TPSA) is 89.5 Å². The molecule has 184 valence electrons. The summed E-state index contributed by atoms with van der Waals surface area (Å²) in [5.74, 6) is 1.28. The molecule has 2 aromatic heterocycles. The van der Waals surface area contributed by atoms with E-state index in [1.54, 1.807) is 13.2 Å². The molecule has 0 atom stereocenters. The van der Waals surface area contributed by atoms with E-state index in [0.29, 0.717) is 23.7 Å². The van der Waals surface area contributed by atoms with Crippen LogP contribution in [-0.2, 0) is 16.0 Å². The first-order valence-electron chi connectivity index (χ1n) is 11.6. The fourth-order valence-corrected chi connectivity index (χ4v) is 4.90. The number of nitrogens with zero attached hydrogens (tertiary/aromatic N) is 6. The maximum atomic E-state index is 14.6. The van der Waals surface area contributed by atoms with Crippen molar-refractivity contribution in [2.45, 2.75) is 32.1 Å². The van der Waals surface area contributed by atoms with Crippen molar-refractivity contribution < 1.29 is 18.4 Å². The van der Waals surface area contributed by atoms with Gasteiger partial charge < -0.3 is 19.1 Å². The number of piperidine rings is 1. The number of fused-ring (bicyclic) bond motifs is 1. The molecule has 9 nitrogen and oxygen atoms in total. The van der Waals surface area contributed by atoms with E-state index in [0.717, 1.165) is 56.6 Å². The third-order valence-corrected chi connectivity index (χ3v) is 6.72. The van der Waals surface area contributed by atoms with Crippen LogP contribution in [0.1, 0.15) is 37.3 Å². The quantitative estimate of drug-likeness (QED) is 0.501. The minimum atomic E-state index is -0.349. The molecular formula is C23H30ClFN6O3. The Labute approximate surface area is 203 Å². The van der Waals surface area contributed by atoms with Crippen LogP contribution in [0.3, 0.4) is 0 Å². The normalized spacial score (nSPS) is 17.7. The lowest BCUT2D eigenvalue weighted by molar-refractivity contribution is -0.142. The van der Waals surface area contributed by atoms with E-state index in [1.165, 1.54) is 10.7 Å². The molecule has 0 radical (unpaired) electrons. The van der Waals surface area contributed by atoms with E-state index in [2.05, 4.69) is 20.1 Å². The molecule has 3 aromatic rings. The number of hydrogen-bond acceptors (Lipinski definition) is 7. The van der Waals surface area contributed by atoms with Gasteiger partial charge in [0.2, 0.25) is 11.8 Å². The molecule has 2 aliphatic heterocycles. The maximum absolute atomic E-state index is 14.6. The first kappa shape index (κ1) is 24.6. The second kappa shape index (κ2) is 10.4. The van der Waals surface area contributed by atoms with Crippen molar-refractivity contribution in [1.29, 1.82) is 0 Å². The molecular weight excluding hydrogens is 463 g/mol. The monoisotopic (exact) mass is 492 g/mol. The summed E-state index contributed by atoms with van der Waals surface area (Å²) >= 11 is 0. The van der Waals surface area contributed by atoms with Crippen LogP contribution in [0, 0.1) is 11.7 Å². The smallest absolute Gasteiger partial charge is 0.291 e.